The molecule has 0 radical (unpaired) electrons. The Balaban J connectivity index is 1.53. The van der Waals surface area contributed by atoms with Gasteiger partial charge in [-0.1, -0.05) is 23.7 Å². The van der Waals surface area contributed by atoms with Crippen LogP contribution in [0.1, 0.15) is 30.3 Å². The van der Waals surface area contributed by atoms with Crippen molar-refractivity contribution >= 4 is 23.6 Å². The van der Waals surface area contributed by atoms with Crippen molar-refractivity contribution in [1.82, 2.24) is 4.90 Å². The number of piperidine rings is 1. The molecule has 0 saturated carbocycles. The molecule has 24 heavy (non-hydrogen) atoms. The first-order valence-electron chi connectivity index (χ1n) is 8.07. The van der Waals surface area contributed by atoms with Crippen LogP contribution in [-0.4, -0.2) is 29.0 Å². The van der Waals surface area contributed by atoms with Crippen LogP contribution >= 0.6 is 11.6 Å². The van der Waals surface area contributed by atoms with Crippen LogP contribution in [0.5, 0.6) is 0 Å². The molecule has 0 aliphatic carbocycles. The van der Waals surface area contributed by atoms with Crippen LogP contribution in [0, 0.1) is 5.92 Å². The third-order valence-corrected chi connectivity index (χ3v) is 4.69. The molecule has 1 aromatic heterocycles. The molecule has 5 heteroatoms. The standard InChI is InChI=1S/C19H20ClNO3/c20-16-5-3-14(4-6-16)19(23)15-9-11-21(12-10-15)18(22)8-7-17-2-1-13-24-17/h1-8,13,15,19,23H,9-12H2. The quantitative estimate of drug-likeness (QED) is 0.854. The van der Waals surface area contributed by atoms with Crippen molar-refractivity contribution in [3.8, 4) is 0 Å². The Morgan fingerprint density at radius 2 is 1.96 bits per heavy atom. The van der Waals surface area contributed by atoms with Gasteiger partial charge in [0.1, 0.15) is 5.76 Å². The van der Waals surface area contributed by atoms with Crippen molar-refractivity contribution in [2.24, 2.45) is 5.92 Å². The molecule has 1 aliphatic rings. The fraction of sp³-hybridized carbons (Fsp3) is 0.316. The van der Waals surface area contributed by atoms with Crippen molar-refractivity contribution in [1.29, 1.82) is 0 Å². The molecule has 3 rings (SSSR count). The van der Waals surface area contributed by atoms with Gasteiger partial charge in [-0.3, -0.25) is 4.79 Å². The number of aliphatic hydroxyl groups excluding tert-OH is 1. The number of hydrogen-bond donors (Lipinski definition) is 1. The van der Waals surface area contributed by atoms with Gasteiger partial charge in [-0.25, -0.2) is 0 Å². The first kappa shape index (κ1) is 16.8. The Morgan fingerprint density at radius 1 is 1.25 bits per heavy atom. The topological polar surface area (TPSA) is 53.7 Å². The second-order valence-electron chi connectivity index (χ2n) is 6.01. The van der Waals surface area contributed by atoms with E-state index in [0.717, 1.165) is 18.4 Å². The highest BCUT2D eigenvalue weighted by molar-refractivity contribution is 6.30. The van der Waals surface area contributed by atoms with Crippen LogP contribution in [0.4, 0.5) is 0 Å². The van der Waals surface area contributed by atoms with E-state index in [-0.39, 0.29) is 11.8 Å². The Kier molecular flexibility index (Phi) is 5.38. The Labute approximate surface area is 146 Å². The number of furan rings is 1. The summed E-state index contributed by atoms with van der Waals surface area (Å²) in [5.74, 6) is 0.798. The maximum atomic E-state index is 12.2. The normalized spacial score (nSPS) is 17.3. The SMILES string of the molecule is O=C(C=Cc1ccco1)N1CCC(C(O)c2ccc(Cl)cc2)CC1. The van der Waals surface area contributed by atoms with Gasteiger partial charge in [-0.15, -0.1) is 0 Å². The Morgan fingerprint density at radius 3 is 2.58 bits per heavy atom. The number of rotatable bonds is 4. The molecule has 1 unspecified atom stereocenters. The lowest BCUT2D eigenvalue weighted by atomic mass is 9.87. The van der Waals surface area contributed by atoms with Gasteiger partial charge < -0.3 is 14.4 Å². The van der Waals surface area contributed by atoms with Crippen LogP contribution in [0.25, 0.3) is 6.08 Å². The highest BCUT2D eigenvalue weighted by Crippen LogP contribution is 2.31. The van der Waals surface area contributed by atoms with E-state index < -0.39 is 6.10 Å². The minimum atomic E-state index is -0.516. The summed E-state index contributed by atoms with van der Waals surface area (Å²) in [6.45, 7) is 1.30. The molecule has 4 nitrogen and oxygen atoms in total. The highest BCUT2D eigenvalue weighted by Gasteiger charge is 2.27. The zero-order valence-corrected chi connectivity index (χ0v) is 14.0. The zero-order chi connectivity index (χ0) is 16.9. The summed E-state index contributed by atoms with van der Waals surface area (Å²) in [4.78, 5) is 14.0. The van der Waals surface area contributed by atoms with Gasteiger partial charge in [-0.05, 0) is 54.7 Å². The molecule has 1 aliphatic heterocycles. The number of aliphatic hydroxyl groups is 1. The van der Waals surface area contributed by atoms with Crippen molar-refractivity contribution in [2.45, 2.75) is 18.9 Å². The van der Waals surface area contributed by atoms with E-state index in [1.165, 1.54) is 6.08 Å². The third kappa shape index (κ3) is 4.08. The van der Waals surface area contributed by atoms with Crippen molar-refractivity contribution in [2.75, 3.05) is 13.1 Å². The maximum absolute atomic E-state index is 12.2. The lowest BCUT2D eigenvalue weighted by Crippen LogP contribution is -2.38. The summed E-state index contributed by atoms with van der Waals surface area (Å²) in [6.07, 6.45) is 5.84. The lowest BCUT2D eigenvalue weighted by Gasteiger charge is -2.34. The van der Waals surface area contributed by atoms with Gasteiger partial charge >= 0.3 is 0 Å². The number of amides is 1. The van der Waals surface area contributed by atoms with Gasteiger partial charge in [-0.2, -0.15) is 0 Å². The van der Waals surface area contributed by atoms with Crippen LogP contribution in [-0.2, 0) is 4.79 Å². The average molecular weight is 346 g/mol. The summed E-state index contributed by atoms with van der Waals surface area (Å²) in [5.41, 5.74) is 0.877. The summed E-state index contributed by atoms with van der Waals surface area (Å²) < 4.78 is 5.18. The predicted octanol–water partition coefficient (Wildman–Crippen LogP) is 3.92. The number of nitrogens with zero attached hydrogens (tertiary/aromatic N) is 1. The summed E-state index contributed by atoms with van der Waals surface area (Å²) in [5, 5.41) is 11.2. The van der Waals surface area contributed by atoms with Crippen LogP contribution in [0.3, 0.4) is 0 Å². The van der Waals surface area contributed by atoms with E-state index in [9.17, 15) is 9.90 Å². The second kappa shape index (κ2) is 7.69. The number of hydrogen-bond acceptors (Lipinski definition) is 3. The molecule has 0 bridgehead atoms. The minimum absolute atomic E-state index is 0.0224. The van der Waals surface area contributed by atoms with E-state index in [4.69, 9.17) is 16.0 Å². The lowest BCUT2D eigenvalue weighted by molar-refractivity contribution is -0.127. The maximum Gasteiger partial charge on any atom is 0.246 e. The van der Waals surface area contributed by atoms with E-state index in [0.29, 0.717) is 23.9 Å². The molecule has 0 spiro atoms. The number of carbonyl (C=O) groups excluding carboxylic acids is 1. The van der Waals surface area contributed by atoms with Crippen LogP contribution < -0.4 is 0 Å². The summed E-state index contributed by atoms with van der Waals surface area (Å²) >= 11 is 5.88. The molecule has 1 N–H and O–H groups in total. The third-order valence-electron chi connectivity index (χ3n) is 4.44. The zero-order valence-electron chi connectivity index (χ0n) is 13.3. The molecule has 2 aromatic rings. The fourth-order valence-electron chi connectivity index (χ4n) is 3.01. The molecule has 126 valence electrons. The van der Waals surface area contributed by atoms with E-state index in [1.54, 1.807) is 36.6 Å². The molecule has 1 fully saturated rings. The first-order valence-corrected chi connectivity index (χ1v) is 8.45. The number of carbonyl (C=O) groups is 1. The van der Waals surface area contributed by atoms with Crippen molar-refractivity contribution in [3.05, 3.63) is 65.1 Å². The van der Waals surface area contributed by atoms with Gasteiger partial charge in [0.25, 0.3) is 0 Å². The van der Waals surface area contributed by atoms with Crippen LogP contribution in [0.15, 0.2) is 53.2 Å². The van der Waals surface area contributed by atoms with E-state index in [2.05, 4.69) is 0 Å². The average Bonchev–Trinajstić information content (AvgIpc) is 3.13. The number of likely N-dealkylation sites (tertiary alicyclic amines) is 1. The van der Waals surface area contributed by atoms with Gasteiger partial charge in [0, 0.05) is 24.2 Å². The molecule has 1 atom stereocenters. The van der Waals surface area contributed by atoms with Gasteiger partial charge in [0.05, 0.1) is 12.4 Å². The largest absolute Gasteiger partial charge is 0.465 e. The van der Waals surface area contributed by atoms with E-state index in [1.807, 2.05) is 17.0 Å². The minimum Gasteiger partial charge on any atom is -0.465 e. The fourth-order valence-corrected chi connectivity index (χ4v) is 3.14. The molecular formula is C19H20ClNO3. The van der Waals surface area contributed by atoms with E-state index >= 15 is 0 Å². The molecule has 2 heterocycles. The van der Waals surface area contributed by atoms with Crippen molar-refractivity contribution in [3.63, 3.8) is 0 Å². The van der Waals surface area contributed by atoms with Gasteiger partial charge in [0.2, 0.25) is 5.91 Å². The number of benzene rings is 1. The molecule has 1 saturated heterocycles. The summed E-state index contributed by atoms with van der Waals surface area (Å²) in [6, 6.07) is 10.9. The molecule has 1 aromatic carbocycles. The first-order chi connectivity index (χ1) is 11.6. The highest BCUT2D eigenvalue weighted by atomic mass is 35.5. The summed E-state index contributed by atoms with van der Waals surface area (Å²) in [7, 11) is 0. The predicted molar refractivity (Wildman–Crippen MR) is 93.5 cm³/mol. The molecule has 1 amide bonds. The monoisotopic (exact) mass is 345 g/mol. The van der Waals surface area contributed by atoms with Crippen LogP contribution in [0.2, 0.25) is 5.02 Å². The second-order valence-corrected chi connectivity index (χ2v) is 6.44. The Hall–Kier alpha value is -2.04. The molecular weight excluding hydrogens is 326 g/mol. The Bertz CT molecular complexity index is 686. The number of halogens is 1. The van der Waals surface area contributed by atoms with Gasteiger partial charge in [0.15, 0.2) is 0 Å². The van der Waals surface area contributed by atoms with Crippen molar-refractivity contribution < 1.29 is 14.3 Å². The smallest absolute Gasteiger partial charge is 0.246 e.